The van der Waals surface area contributed by atoms with E-state index in [2.05, 4.69) is 20.9 Å². The molecule has 144 valence electrons. The maximum absolute atomic E-state index is 12.0. The van der Waals surface area contributed by atoms with E-state index in [0.717, 1.165) is 11.4 Å². The Hall–Kier alpha value is -3.32. The number of anilines is 1. The summed E-state index contributed by atoms with van der Waals surface area (Å²) in [4.78, 5) is 12.0. The van der Waals surface area contributed by atoms with E-state index in [0.29, 0.717) is 22.2 Å². The molecule has 28 heavy (non-hydrogen) atoms. The molecule has 1 heterocycles. The minimum absolute atomic E-state index is 0.0493. The van der Waals surface area contributed by atoms with E-state index in [1.165, 1.54) is 6.21 Å². The molecule has 0 fully saturated rings. The van der Waals surface area contributed by atoms with Crippen LogP contribution in [0.15, 0.2) is 59.7 Å². The van der Waals surface area contributed by atoms with Crippen LogP contribution >= 0.6 is 11.6 Å². The quantitative estimate of drug-likeness (QED) is 0.473. The molecule has 2 aromatic carbocycles. The Kier molecular flexibility index (Phi) is 6.29. The van der Waals surface area contributed by atoms with Gasteiger partial charge in [0.1, 0.15) is 10.9 Å². The average molecular weight is 398 g/mol. The third kappa shape index (κ3) is 4.50. The van der Waals surface area contributed by atoms with E-state index in [4.69, 9.17) is 16.3 Å². The van der Waals surface area contributed by atoms with Crippen LogP contribution in [-0.4, -0.2) is 35.6 Å². The molecule has 7 nitrogen and oxygen atoms in total. The highest BCUT2D eigenvalue weighted by Crippen LogP contribution is 2.23. The minimum Gasteiger partial charge on any atom is -0.495 e. The molecule has 2 N–H and O–H groups in total. The standard InChI is InChI=1S/C20H20ClN5O2/c1-14-16(20(21)26(25-14)15-8-4-3-5-9-15)12-23-24-19(27)13-22-17-10-6-7-11-18(17)28-2/h3-12,22H,13H2,1-2H3,(H,24,27). The molecule has 3 rings (SSSR count). The van der Waals surface area contributed by atoms with Gasteiger partial charge in [-0.3, -0.25) is 4.79 Å². The van der Waals surface area contributed by atoms with Crippen molar-refractivity contribution in [2.45, 2.75) is 6.92 Å². The Morgan fingerprint density at radius 2 is 1.93 bits per heavy atom. The number of rotatable bonds is 7. The number of hydrazone groups is 1. The first-order chi connectivity index (χ1) is 13.6. The number of carbonyl (C=O) groups excluding carboxylic acids is 1. The molecule has 1 amide bonds. The van der Waals surface area contributed by atoms with Gasteiger partial charge in [-0.25, -0.2) is 10.1 Å². The highest BCUT2D eigenvalue weighted by molar-refractivity contribution is 6.32. The molecule has 0 spiro atoms. The largest absolute Gasteiger partial charge is 0.495 e. The van der Waals surface area contributed by atoms with E-state index in [9.17, 15) is 4.79 Å². The second kappa shape index (κ2) is 9.05. The van der Waals surface area contributed by atoms with Crippen LogP contribution in [0, 0.1) is 6.92 Å². The zero-order valence-electron chi connectivity index (χ0n) is 15.5. The Morgan fingerprint density at radius 3 is 2.68 bits per heavy atom. The van der Waals surface area contributed by atoms with Crippen molar-refractivity contribution in [2.24, 2.45) is 5.10 Å². The smallest absolute Gasteiger partial charge is 0.259 e. The number of aryl methyl sites for hydroxylation is 1. The molecule has 0 aliphatic heterocycles. The predicted molar refractivity (Wildman–Crippen MR) is 111 cm³/mol. The highest BCUT2D eigenvalue weighted by atomic mass is 35.5. The van der Waals surface area contributed by atoms with Crippen molar-refractivity contribution in [1.82, 2.24) is 15.2 Å². The van der Waals surface area contributed by atoms with Gasteiger partial charge in [0.2, 0.25) is 0 Å². The maximum atomic E-state index is 12.0. The molecule has 0 saturated heterocycles. The van der Waals surface area contributed by atoms with Crippen LogP contribution in [0.25, 0.3) is 5.69 Å². The summed E-state index contributed by atoms with van der Waals surface area (Å²) < 4.78 is 6.86. The van der Waals surface area contributed by atoms with Gasteiger partial charge in [0.05, 0.1) is 42.5 Å². The fourth-order valence-corrected chi connectivity index (χ4v) is 2.89. The number of para-hydroxylation sites is 3. The highest BCUT2D eigenvalue weighted by Gasteiger charge is 2.13. The lowest BCUT2D eigenvalue weighted by Gasteiger charge is -2.09. The van der Waals surface area contributed by atoms with Crippen molar-refractivity contribution in [1.29, 1.82) is 0 Å². The number of amides is 1. The molecule has 0 saturated carbocycles. The van der Waals surface area contributed by atoms with Gasteiger partial charge < -0.3 is 10.1 Å². The maximum Gasteiger partial charge on any atom is 0.259 e. The number of aromatic nitrogens is 2. The lowest BCUT2D eigenvalue weighted by Crippen LogP contribution is -2.26. The molecular formula is C20H20ClN5O2. The average Bonchev–Trinajstić information content (AvgIpc) is 3.01. The van der Waals surface area contributed by atoms with Crippen molar-refractivity contribution >= 4 is 29.4 Å². The molecule has 0 atom stereocenters. The predicted octanol–water partition coefficient (Wildman–Crippen LogP) is 3.40. The third-order valence-corrected chi connectivity index (χ3v) is 4.34. The Labute approximate surface area is 168 Å². The molecule has 0 bridgehead atoms. The summed E-state index contributed by atoms with van der Waals surface area (Å²) in [5, 5.41) is 11.9. The van der Waals surface area contributed by atoms with Gasteiger partial charge >= 0.3 is 0 Å². The van der Waals surface area contributed by atoms with Gasteiger partial charge in [-0.2, -0.15) is 10.2 Å². The molecule has 0 radical (unpaired) electrons. The Morgan fingerprint density at radius 1 is 1.21 bits per heavy atom. The number of benzene rings is 2. The van der Waals surface area contributed by atoms with E-state index in [1.54, 1.807) is 11.8 Å². The summed E-state index contributed by atoms with van der Waals surface area (Å²) in [6.45, 7) is 1.88. The second-order valence-corrected chi connectivity index (χ2v) is 6.24. The van der Waals surface area contributed by atoms with Crippen LogP contribution in [0.3, 0.4) is 0 Å². The first-order valence-electron chi connectivity index (χ1n) is 8.59. The van der Waals surface area contributed by atoms with Gasteiger partial charge in [0.15, 0.2) is 0 Å². The molecule has 8 heteroatoms. The summed E-state index contributed by atoms with van der Waals surface area (Å²) in [7, 11) is 1.58. The Bertz CT molecular complexity index is 986. The van der Waals surface area contributed by atoms with Gasteiger partial charge in [0.25, 0.3) is 5.91 Å². The van der Waals surface area contributed by atoms with Crippen molar-refractivity contribution < 1.29 is 9.53 Å². The van der Waals surface area contributed by atoms with Gasteiger partial charge in [-0.15, -0.1) is 0 Å². The molecule has 0 unspecified atom stereocenters. The monoisotopic (exact) mass is 397 g/mol. The van der Waals surface area contributed by atoms with E-state index < -0.39 is 0 Å². The fraction of sp³-hybridized carbons (Fsp3) is 0.150. The number of nitrogens with zero attached hydrogens (tertiary/aromatic N) is 3. The summed E-state index contributed by atoms with van der Waals surface area (Å²) >= 11 is 6.42. The Balaban J connectivity index is 1.62. The number of carbonyl (C=O) groups is 1. The SMILES string of the molecule is COc1ccccc1NCC(=O)NN=Cc1c(C)nn(-c2ccccc2)c1Cl. The number of halogens is 1. The first-order valence-corrected chi connectivity index (χ1v) is 8.97. The third-order valence-electron chi connectivity index (χ3n) is 3.98. The van der Waals surface area contributed by atoms with Crippen LogP contribution in [0.1, 0.15) is 11.3 Å². The molecular weight excluding hydrogens is 378 g/mol. The summed E-state index contributed by atoms with van der Waals surface area (Å²) in [5.74, 6) is 0.362. The van der Waals surface area contributed by atoms with Crippen molar-refractivity contribution in [3.63, 3.8) is 0 Å². The van der Waals surface area contributed by atoms with Crippen LogP contribution in [0.2, 0.25) is 5.15 Å². The van der Waals surface area contributed by atoms with Crippen molar-refractivity contribution in [2.75, 3.05) is 19.0 Å². The van der Waals surface area contributed by atoms with E-state index in [-0.39, 0.29) is 12.5 Å². The zero-order chi connectivity index (χ0) is 19.9. The topological polar surface area (TPSA) is 80.5 Å². The van der Waals surface area contributed by atoms with Crippen LogP contribution in [0.5, 0.6) is 5.75 Å². The molecule has 3 aromatic rings. The van der Waals surface area contributed by atoms with Crippen LogP contribution in [0.4, 0.5) is 5.69 Å². The van der Waals surface area contributed by atoms with Crippen molar-refractivity contribution in [3.8, 4) is 11.4 Å². The number of hydrogen-bond donors (Lipinski definition) is 2. The van der Waals surface area contributed by atoms with E-state index >= 15 is 0 Å². The summed E-state index contributed by atoms with van der Waals surface area (Å²) in [6, 6.07) is 16.9. The normalized spacial score (nSPS) is 10.8. The number of hydrogen-bond acceptors (Lipinski definition) is 5. The first kappa shape index (κ1) is 19.4. The molecule has 1 aromatic heterocycles. The molecule has 0 aliphatic rings. The number of ether oxygens (including phenoxy) is 1. The lowest BCUT2D eigenvalue weighted by atomic mass is 10.3. The fourth-order valence-electron chi connectivity index (χ4n) is 2.57. The van der Waals surface area contributed by atoms with E-state index in [1.807, 2.05) is 61.5 Å². The van der Waals surface area contributed by atoms with Gasteiger partial charge in [0, 0.05) is 0 Å². The van der Waals surface area contributed by atoms with Crippen molar-refractivity contribution in [3.05, 3.63) is 71.0 Å². The summed E-state index contributed by atoms with van der Waals surface area (Å²) in [5.41, 5.74) is 5.40. The minimum atomic E-state index is -0.300. The second-order valence-electron chi connectivity index (χ2n) is 5.88. The zero-order valence-corrected chi connectivity index (χ0v) is 16.3. The number of methoxy groups -OCH3 is 1. The van der Waals surface area contributed by atoms with Crippen LogP contribution in [-0.2, 0) is 4.79 Å². The lowest BCUT2D eigenvalue weighted by molar-refractivity contribution is -0.119. The number of nitrogens with one attached hydrogen (secondary N) is 2. The van der Waals surface area contributed by atoms with Gasteiger partial charge in [-0.1, -0.05) is 41.9 Å². The summed E-state index contributed by atoms with van der Waals surface area (Å²) in [6.07, 6.45) is 1.49. The molecule has 0 aliphatic carbocycles. The van der Waals surface area contributed by atoms with Gasteiger partial charge in [-0.05, 0) is 31.2 Å². The van der Waals surface area contributed by atoms with Crippen LogP contribution < -0.4 is 15.5 Å².